The van der Waals surface area contributed by atoms with Gasteiger partial charge in [0.1, 0.15) is 24.3 Å². The number of likely N-dealkylation sites (N-methyl/N-ethyl adjacent to an activating group) is 1. The zero-order valence-electron chi connectivity index (χ0n) is 15.2. The number of anilines is 1. The molecule has 2 atom stereocenters. The Morgan fingerprint density at radius 1 is 1.26 bits per heavy atom. The molecule has 0 saturated carbocycles. The maximum Gasteiger partial charge on any atom is 0.241 e. The Morgan fingerprint density at radius 2 is 2.00 bits per heavy atom. The van der Waals surface area contributed by atoms with E-state index in [2.05, 4.69) is 5.32 Å². The standard InChI is InChI=1S/C20H22F2N2O3/c1-3-24(11-15-12-26-18-6-4-5-7-19(18)27-15)13(2)20(25)23-17-9-8-14(21)10-16(17)22/h4-10,13,15H,3,11-12H2,1-2H3,(H,23,25). The third-order valence-corrected chi connectivity index (χ3v) is 4.53. The van der Waals surface area contributed by atoms with E-state index in [0.29, 0.717) is 31.2 Å². The number of halogens is 2. The quantitative estimate of drug-likeness (QED) is 0.839. The van der Waals surface area contributed by atoms with Gasteiger partial charge in [-0.15, -0.1) is 0 Å². The lowest BCUT2D eigenvalue weighted by Crippen LogP contribution is -2.48. The summed E-state index contributed by atoms with van der Waals surface area (Å²) in [5.74, 6) is -0.494. The molecule has 144 valence electrons. The number of amides is 1. The zero-order valence-corrected chi connectivity index (χ0v) is 15.2. The van der Waals surface area contributed by atoms with Gasteiger partial charge in [0.25, 0.3) is 0 Å². The van der Waals surface area contributed by atoms with Crippen LogP contribution in [0.2, 0.25) is 0 Å². The van der Waals surface area contributed by atoms with E-state index in [9.17, 15) is 13.6 Å². The van der Waals surface area contributed by atoms with Crippen molar-refractivity contribution in [2.24, 2.45) is 0 Å². The summed E-state index contributed by atoms with van der Waals surface area (Å²) in [6.07, 6.45) is -0.224. The second-order valence-corrected chi connectivity index (χ2v) is 6.37. The second kappa shape index (κ2) is 8.35. The Hall–Kier alpha value is -2.67. The maximum atomic E-state index is 13.8. The molecule has 1 aliphatic rings. The van der Waals surface area contributed by atoms with Crippen LogP contribution in [0.4, 0.5) is 14.5 Å². The first-order valence-electron chi connectivity index (χ1n) is 8.86. The molecule has 2 aromatic carbocycles. The first-order valence-corrected chi connectivity index (χ1v) is 8.86. The van der Waals surface area contributed by atoms with Crippen LogP contribution < -0.4 is 14.8 Å². The van der Waals surface area contributed by atoms with Crippen molar-refractivity contribution in [1.82, 2.24) is 4.90 Å². The average Bonchev–Trinajstić information content (AvgIpc) is 2.67. The molecule has 1 amide bonds. The molecule has 1 aliphatic heterocycles. The van der Waals surface area contributed by atoms with Gasteiger partial charge in [0.15, 0.2) is 11.5 Å². The van der Waals surface area contributed by atoms with Crippen molar-refractivity contribution in [1.29, 1.82) is 0 Å². The third kappa shape index (κ3) is 4.54. The van der Waals surface area contributed by atoms with Gasteiger partial charge in [0, 0.05) is 12.6 Å². The van der Waals surface area contributed by atoms with E-state index in [1.165, 1.54) is 6.07 Å². The lowest BCUT2D eigenvalue weighted by Gasteiger charge is -2.33. The Labute approximate surface area is 156 Å². The van der Waals surface area contributed by atoms with E-state index in [1.54, 1.807) is 6.92 Å². The van der Waals surface area contributed by atoms with E-state index in [1.807, 2.05) is 36.1 Å². The summed E-state index contributed by atoms with van der Waals surface area (Å²) in [7, 11) is 0. The lowest BCUT2D eigenvalue weighted by atomic mass is 10.2. The molecular weight excluding hydrogens is 354 g/mol. The highest BCUT2D eigenvalue weighted by Gasteiger charge is 2.27. The number of para-hydroxylation sites is 2. The molecule has 2 aromatic rings. The second-order valence-electron chi connectivity index (χ2n) is 6.37. The van der Waals surface area contributed by atoms with E-state index < -0.39 is 17.7 Å². The van der Waals surface area contributed by atoms with Gasteiger partial charge >= 0.3 is 0 Å². The highest BCUT2D eigenvalue weighted by Crippen LogP contribution is 2.31. The van der Waals surface area contributed by atoms with Crippen molar-refractivity contribution >= 4 is 11.6 Å². The van der Waals surface area contributed by atoms with Crippen LogP contribution in [0.1, 0.15) is 13.8 Å². The van der Waals surface area contributed by atoms with Crippen LogP contribution in [-0.4, -0.2) is 42.6 Å². The number of nitrogens with zero attached hydrogens (tertiary/aromatic N) is 1. The van der Waals surface area contributed by atoms with Gasteiger partial charge in [-0.05, 0) is 37.7 Å². The smallest absolute Gasteiger partial charge is 0.241 e. The summed E-state index contributed by atoms with van der Waals surface area (Å²) in [6, 6.07) is 9.95. The van der Waals surface area contributed by atoms with Gasteiger partial charge in [-0.2, -0.15) is 0 Å². The van der Waals surface area contributed by atoms with Crippen molar-refractivity contribution in [3.8, 4) is 11.5 Å². The highest BCUT2D eigenvalue weighted by molar-refractivity contribution is 5.94. The summed E-state index contributed by atoms with van der Waals surface area (Å²) in [5, 5.41) is 2.51. The normalized spacial score (nSPS) is 16.9. The molecule has 0 saturated heterocycles. The predicted octanol–water partition coefficient (Wildman–Crippen LogP) is 3.45. The van der Waals surface area contributed by atoms with Crippen LogP contribution in [0.25, 0.3) is 0 Å². The minimum Gasteiger partial charge on any atom is -0.486 e. The Morgan fingerprint density at radius 3 is 2.70 bits per heavy atom. The topological polar surface area (TPSA) is 50.8 Å². The Balaban J connectivity index is 1.62. The van der Waals surface area contributed by atoms with E-state index in [0.717, 1.165) is 12.1 Å². The largest absolute Gasteiger partial charge is 0.486 e. The molecule has 0 radical (unpaired) electrons. The summed E-state index contributed by atoms with van der Waals surface area (Å²) in [6.45, 7) is 5.12. The van der Waals surface area contributed by atoms with Crippen molar-refractivity contribution in [2.75, 3.05) is 25.0 Å². The third-order valence-electron chi connectivity index (χ3n) is 4.53. The van der Waals surface area contributed by atoms with Gasteiger partial charge in [0.05, 0.1) is 11.7 Å². The summed E-state index contributed by atoms with van der Waals surface area (Å²) in [4.78, 5) is 14.4. The molecule has 5 nitrogen and oxygen atoms in total. The molecule has 1 heterocycles. The number of carbonyl (C=O) groups excluding carboxylic acids is 1. The Bertz CT molecular complexity index is 816. The SMILES string of the molecule is CCN(CC1COc2ccccc2O1)C(C)C(=O)Nc1ccc(F)cc1F. The number of hydrogen-bond acceptors (Lipinski definition) is 4. The molecule has 2 unspecified atom stereocenters. The minimum absolute atomic E-state index is 0.0459. The predicted molar refractivity (Wildman–Crippen MR) is 98.0 cm³/mol. The molecule has 7 heteroatoms. The summed E-state index contributed by atoms with van der Waals surface area (Å²) in [5.41, 5.74) is -0.0459. The first kappa shape index (κ1) is 19.1. The molecule has 0 bridgehead atoms. The number of hydrogen-bond donors (Lipinski definition) is 1. The fourth-order valence-electron chi connectivity index (χ4n) is 2.97. The van der Waals surface area contributed by atoms with Gasteiger partial charge in [-0.1, -0.05) is 19.1 Å². The number of rotatable bonds is 6. The van der Waals surface area contributed by atoms with E-state index in [4.69, 9.17) is 9.47 Å². The van der Waals surface area contributed by atoms with Crippen LogP contribution in [0.5, 0.6) is 11.5 Å². The lowest BCUT2D eigenvalue weighted by molar-refractivity contribution is -0.121. The molecule has 0 aliphatic carbocycles. The molecular formula is C20H22F2N2O3. The number of ether oxygens (including phenoxy) is 2. The molecule has 1 N–H and O–H groups in total. The van der Waals surface area contributed by atoms with Crippen LogP contribution >= 0.6 is 0 Å². The van der Waals surface area contributed by atoms with Crippen LogP contribution in [0.3, 0.4) is 0 Å². The number of benzene rings is 2. The van der Waals surface area contributed by atoms with Gasteiger partial charge < -0.3 is 14.8 Å². The zero-order chi connectivity index (χ0) is 19.4. The number of carbonyl (C=O) groups is 1. The molecule has 3 rings (SSSR count). The molecule has 0 aromatic heterocycles. The fourth-order valence-corrected chi connectivity index (χ4v) is 2.97. The summed E-state index contributed by atoms with van der Waals surface area (Å²) >= 11 is 0. The van der Waals surface area contributed by atoms with E-state index in [-0.39, 0.29) is 17.7 Å². The molecule has 27 heavy (non-hydrogen) atoms. The van der Waals surface area contributed by atoms with Gasteiger partial charge in [-0.25, -0.2) is 8.78 Å². The van der Waals surface area contributed by atoms with E-state index >= 15 is 0 Å². The summed E-state index contributed by atoms with van der Waals surface area (Å²) < 4.78 is 38.4. The van der Waals surface area contributed by atoms with Crippen LogP contribution in [0.15, 0.2) is 42.5 Å². The maximum absolute atomic E-state index is 13.8. The van der Waals surface area contributed by atoms with Crippen molar-refractivity contribution in [3.05, 3.63) is 54.1 Å². The average molecular weight is 376 g/mol. The molecule has 0 fully saturated rings. The van der Waals surface area contributed by atoms with Crippen molar-refractivity contribution in [3.63, 3.8) is 0 Å². The van der Waals surface area contributed by atoms with Crippen molar-refractivity contribution < 1.29 is 23.0 Å². The fraction of sp³-hybridized carbons (Fsp3) is 0.350. The van der Waals surface area contributed by atoms with Crippen LogP contribution in [-0.2, 0) is 4.79 Å². The number of nitrogens with one attached hydrogen (secondary N) is 1. The minimum atomic E-state index is -0.806. The first-order chi connectivity index (χ1) is 13.0. The van der Waals surface area contributed by atoms with Crippen molar-refractivity contribution in [2.45, 2.75) is 26.0 Å². The highest BCUT2D eigenvalue weighted by atomic mass is 19.1. The van der Waals surface area contributed by atoms with Gasteiger partial charge in [0.2, 0.25) is 5.91 Å². The number of fused-ring (bicyclic) bond motifs is 1. The monoisotopic (exact) mass is 376 g/mol. The van der Waals surface area contributed by atoms with Crippen LogP contribution in [0, 0.1) is 11.6 Å². The van der Waals surface area contributed by atoms with Gasteiger partial charge in [-0.3, -0.25) is 9.69 Å². The Kier molecular flexibility index (Phi) is 5.91. The molecule has 0 spiro atoms.